The molecule has 7 heteroatoms. The first kappa shape index (κ1) is 22.7. The Kier molecular flexibility index (Phi) is 8.09. The number of aromatic nitrogens is 1. The summed E-state index contributed by atoms with van der Waals surface area (Å²) in [6, 6.07) is 12.4. The van der Waals surface area contributed by atoms with Crippen molar-refractivity contribution in [2.75, 3.05) is 26.7 Å². The number of likely N-dealkylation sites (tertiary alicyclic amines) is 1. The number of ether oxygens (including phenoxy) is 1. The van der Waals surface area contributed by atoms with Gasteiger partial charge in [0, 0.05) is 48.1 Å². The fourth-order valence-corrected chi connectivity index (χ4v) is 5.19. The maximum absolute atomic E-state index is 12.5. The summed E-state index contributed by atoms with van der Waals surface area (Å²) >= 11 is 3.33. The van der Waals surface area contributed by atoms with E-state index in [0.717, 1.165) is 54.7 Å². The van der Waals surface area contributed by atoms with Crippen LogP contribution in [0.15, 0.2) is 59.4 Å². The van der Waals surface area contributed by atoms with Crippen molar-refractivity contribution in [1.82, 2.24) is 14.8 Å². The van der Waals surface area contributed by atoms with Crippen molar-refractivity contribution in [2.24, 2.45) is 5.92 Å². The Labute approximate surface area is 198 Å². The van der Waals surface area contributed by atoms with Crippen LogP contribution >= 0.6 is 22.7 Å². The van der Waals surface area contributed by atoms with Crippen LogP contribution in [0.5, 0.6) is 5.75 Å². The van der Waals surface area contributed by atoms with Crippen molar-refractivity contribution in [2.45, 2.75) is 25.9 Å². The largest absolute Gasteiger partial charge is 0.493 e. The molecular formula is C25H29N3O2S2. The number of carbonyl (C=O) groups is 1. The molecule has 0 saturated carbocycles. The summed E-state index contributed by atoms with van der Waals surface area (Å²) in [6.45, 7) is 3.95. The van der Waals surface area contributed by atoms with Gasteiger partial charge in [0.1, 0.15) is 10.8 Å². The molecule has 0 bridgehead atoms. The van der Waals surface area contributed by atoms with Gasteiger partial charge in [-0.05, 0) is 55.1 Å². The SMILES string of the molecule is CN(Cc1ccc(OCC2CCCN(C(=O)/C=C/c3cccs3)C2)cc1)Cc1nccs1. The molecule has 1 atom stereocenters. The van der Waals surface area contributed by atoms with E-state index in [0.29, 0.717) is 12.5 Å². The fraction of sp³-hybridized carbons (Fsp3) is 0.360. The Balaban J connectivity index is 1.22. The molecule has 4 rings (SSSR count). The lowest BCUT2D eigenvalue weighted by atomic mass is 9.99. The average Bonchev–Trinajstić information content (AvgIpc) is 3.51. The van der Waals surface area contributed by atoms with Gasteiger partial charge in [0.25, 0.3) is 0 Å². The molecule has 0 aliphatic carbocycles. The van der Waals surface area contributed by atoms with Crippen LogP contribution in [0, 0.1) is 5.92 Å². The van der Waals surface area contributed by atoms with Crippen LogP contribution in [0.3, 0.4) is 0 Å². The van der Waals surface area contributed by atoms with E-state index in [-0.39, 0.29) is 5.91 Å². The van der Waals surface area contributed by atoms with Crippen LogP contribution in [-0.2, 0) is 17.9 Å². The molecule has 2 aromatic heterocycles. The van der Waals surface area contributed by atoms with Gasteiger partial charge in [-0.15, -0.1) is 22.7 Å². The van der Waals surface area contributed by atoms with Crippen molar-refractivity contribution in [3.8, 4) is 5.75 Å². The zero-order chi connectivity index (χ0) is 22.2. The van der Waals surface area contributed by atoms with Gasteiger partial charge < -0.3 is 9.64 Å². The van der Waals surface area contributed by atoms with Gasteiger partial charge in [-0.1, -0.05) is 18.2 Å². The molecular weight excluding hydrogens is 438 g/mol. The zero-order valence-corrected chi connectivity index (χ0v) is 20.0. The number of benzene rings is 1. The first-order chi connectivity index (χ1) is 15.7. The zero-order valence-electron chi connectivity index (χ0n) is 18.4. The highest BCUT2D eigenvalue weighted by molar-refractivity contribution is 7.10. The minimum absolute atomic E-state index is 0.0920. The highest BCUT2D eigenvalue weighted by atomic mass is 32.1. The highest BCUT2D eigenvalue weighted by Gasteiger charge is 2.23. The molecule has 1 fully saturated rings. The fourth-order valence-electron chi connectivity index (χ4n) is 3.88. The van der Waals surface area contributed by atoms with Crippen molar-refractivity contribution in [1.29, 1.82) is 0 Å². The second kappa shape index (κ2) is 11.4. The second-order valence-electron chi connectivity index (χ2n) is 8.19. The summed E-state index contributed by atoms with van der Waals surface area (Å²) in [5.41, 5.74) is 1.25. The first-order valence-corrected chi connectivity index (χ1v) is 12.7. The van der Waals surface area contributed by atoms with Gasteiger partial charge in [0.15, 0.2) is 0 Å². The quantitative estimate of drug-likeness (QED) is 0.408. The molecule has 0 radical (unpaired) electrons. The van der Waals surface area contributed by atoms with E-state index in [1.54, 1.807) is 28.7 Å². The van der Waals surface area contributed by atoms with Gasteiger partial charge >= 0.3 is 0 Å². The van der Waals surface area contributed by atoms with Gasteiger partial charge in [-0.2, -0.15) is 0 Å². The summed E-state index contributed by atoms with van der Waals surface area (Å²) in [4.78, 5) is 22.2. The number of rotatable bonds is 9. The maximum atomic E-state index is 12.5. The summed E-state index contributed by atoms with van der Waals surface area (Å²) < 4.78 is 6.06. The summed E-state index contributed by atoms with van der Waals surface area (Å²) in [7, 11) is 2.11. The first-order valence-electron chi connectivity index (χ1n) is 10.9. The van der Waals surface area contributed by atoms with E-state index in [4.69, 9.17) is 4.74 Å². The number of hydrogen-bond donors (Lipinski definition) is 0. The normalized spacial score (nSPS) is 16.7. The molecule has 0 N–H and O–H groups in total. The van der Waals surface area contributed by atoms with Crippen LogP contribution in [0.2, 0.25) is 0 Å². The molecule has 3 aromatic rings. The average molecular weight is 468 g/mol. The van der Waals surface area contributed by atoms with E-state index in [2.05, 4.69) is 29.1 Å². The van der Waals surface area contributed by atoms with Crippen LogP contribution in [-0.4, -0.2) is 47.4 Å². The predicted molar refractivity (Wildman–Crippen MR) is 132 cm³/mol. The van der Waals surface area contributed by atoms with Gasteiger partial charge in [0.05, 0.1) is 13.2 Å². The van der Waals surface area contributed by atoms with E-state index in [9.17, 15) is 4.79 Å². The van der Waals surface area contributed by atoms with Crippen LogP contribution in [0.4, 0.5) is 0 Å². The lowest BCUT2D eigenvalue weighted by Crippen LogP contribution is -2.40. The molecule has 1 aliphatic rings. The van der Waals surface area contributed by atoms with E-state index >= 15 is 0 Å². The molecule has 168 valence electrons. The van der Waals surface area contributed by atoms with E-state index in [1.807, 2.05) is 52.2 Å². The Morgan fingerprint density at radius 3 is 2.84 bits per heavy atom. The third kappa shape index (κ3) is 6.76. The number of nitrogens with zero attached hydrogens (tertiary/aromatic N) is 3. The summed E-state index contributed by atoms with van der Waals surface area (Å²) in [5.74, 6) is 1.35. The number of hydrogen-bond acceptors (Lipinski definition) is 6. The monoisotopic (exact) mass is 467 g/mol. The minimum atomic E-state index is 0.0920. The topological polar surface area (TPSA) is 45.7 Å². The summed E-state index contributed by atoms with van der Waals surface area (Å²) in [5, 5.41) is 5.17. The standard InChI is InChI=1S/C25H29N3O2S2/c1-27(18-24-26-12-15-32-24)16-20-6-8-22(9-7-20)30-19-21-4-2-13-28(17-21)25(29)11-10-23-5-3-14-31-23/h3,5-12,14-15,21H,2,4,13,16-19H2,1H3/b11-10+. The van der Waals surface area contributed by atoms with Crippen LogP contribution in [0.25, 0.3) is 6.08 Å². The molecule has 32 heavy (non-hydrogen) atoms. The molecule has 1 unspecified atom stereocenters. The number of carbonyl (C=O) groups excluding carboxylic acids is 1. The van der Waals surface area contributed by atoms with E-state index in [1.165, 1.54) is 5.56 Å². The summed E-state index contributed by atoms with van der Waals surface area (Å²) in [6.07, 6.45) is 7.57. The van der Waals surface area contributed by atoms with Gasteiger partial charge in [-0.25, -0.2) is 4.98 Å². The van der Waals surface area contributed by atoms with Crippen LogP contribution < -0.4 is 4.74 Å². The number of thiazole rings is 1. The molecule has 5 nitrogen and oxygen atoms in total. The molecule has 0 spiro atoms. The third-order valence-electron chi connectivity index (χ3n) is 5.51. The van der Waals surface area contributed by atoms with Crippen molar-refractivity contribution >= 4 is 34.7 Å². The molecule has 1 aromatic carbocycles. The Hall–Kier alpha value is -2.48. The predicted octanol–water partition coefficient (Wildman–Crippen LogP) is 5.17. The van der Waals surface area contributed by atoms with E-state index < -0.39 is 0 Å². The van der Waals surface area contributed by atoms with Crippen molar-refractivity contribution < 1.29 is 9.53 Å². The Morgan fingerprint density at radius 2 is 2.09 bits per heavy atom. The van der Waals surface area contributed by atoms with Gasteiger partial charge in [-0.3, -0.25) is 9.69 Å². The number of amides is 1. The molecule has 1 amide bonds. The lowest BCUT2D eigenvalue weighted by Gasteiger charge is -2.32. The maximum Gasteiger partial charge on any atom is 0.246 e. The third-order valence-corrected chi connectivity index (χ3v) is 7.12. The Morgan fingerprint density at radius 1 is 1.22 bits per heavy atom. The second-order valence-corrected chi connectivity index (χ2v) is 10.2. The van der Waals surface area contributed by atoms with Crippen molar-refractivity contribution in [3.63, 3.8) is 0 Å². The Bertz CT molecular complexity index is 985. The molecule has 1 saturated heterocycles. The molecule has 1 aliphatic heterocycles. The smallest absolute Gasteiger partial charge is 0.246 e. The number of piperidine rings is 1. The van der Waals surface area contributed by atoms with Gasteiger partial charge in [0.2, 0.25) is 5.91 Å². The van der Waals surface area contributed by atoms with Crippen LogP contribution in [0.1, 0.15) is 28.3 Å². The molecule has 3 heterocycles. The van der Waals surface area contributed by atoms with Crippen molar-refractivity contribution in [3.05, 3.63) is 74.9 Å². The highest BCUT2D eigenvalue weighted by Crippen LogP contribution is 2.21. The lowest BCUT2D eigenvalue weighted by molar-refractivity contribution is -0.127. The minimum Gasteiger partial charge on any atom is -0.493 e. The number of thiophene rings is 1.